The molecule has 2 atom stereocenters. The highest BCUT2D eigenvalue weighted by Crippen LogP contribution is 2.47. The number of rotatable bonds is 3. The molecule has 29 heavy (non-hydrogen) atoms. The van der Waals surface area contributed by atoms with E-state index in [0.29, 0.717) is 0 Å². The first-order valence-electron chi connectivity index (χ1n) is 10.9. The second kappa shape index (κ2) is 6.75. The van der Waals surface area contributed by atoms with Crippen molar-refractivity contribution < 1.29 is 9.53 Å². The lowest BCUT2D eigenvalue weighted by Crippen LogP contribution is -2.45. The first-order valence-corrected chi connectivity index (χ1v) is 10.9. The van der Waals surface area contributed by atoms with E-state index in [1.165, 1.54) is 16.6 Å². The Morgan fingerprint density at radius 3 is 2.62 bits per heavy atom. The summed E-state index contributed by atoms with van der Waals surface area (Å²) in [6.07, 6.45) is 5.97. The van der Waals surface area contributed by atoms with Crippen LogP contribution in [-0.4, -0.2) is 39.2 Å². The van der Waals surface area contributed by atoms with Gasteiger partial charge in [0.1, 0.15) is 5.60 Å². The SMILES string of the molecule is Cc1cc2ncn(C[C@@]3(C)CCC[C@@]4(CN(CC(C)(C)C)C(=O)O4)C3)c2cc1C. The summed E-state index contributed by atoms with van der Waals surface area (Å²) in [5.41, 5.74) is 4.67. The van der Waals surface area contributed by atoms with Crippen LogP contribution in [0.4, 0.5) is 4.79 Å². The smallest absolute Gasteiger partial charge is 0.410 e. The zero-order valence-electron chi connectivity index (χ0n) is 18.8. The van der Waals surface area contributed by atoms with Crippen LogP contribution in [0.1, 0.15) is 64.5 Å². The van der Waals surface area contributed by atoms with Crippen molar-refractivity contribution in [3.8, 4) is 0 Å². The normalized spacial score (nSPS) is 27.8. The summed E-state index contributed by atoms with van der Waals surface area (Å²) in [5.74, 6) is 0. The molecule has 2 aromatic rings. The Hall–Kier alpha value is -2.04. The lowest BCUT2D eigenvalue weighted by atomic mass is 9.68. The minimum absolute atomic E-state index is 0.0776. The fraction of sp³-hybridized carbons (Fsp3) is 0.667. The summed E-state index contributed by atoms with van der Waals surface area (Å²) in [4.78, 5) is 19.1. The quantitative estimate of drug-likeness (QED) is 0.690. The molecule has 0 radical (unpaired) electrons. The third-order valence-corrected chi connectivity index (χ3v) is 6.66. The summed E-state index contributed by atoms with van der Waals surface area (Å²) < 4.78 is 8.34. The van der Waals surface area contributed by atoms with Crippen LogP contribution < -0.4 is 0 Å². The molecule has 158 valence electrons. The van der Waals surface area contributed by atoms with Gasteiger partial charge in [0, 0.05) is 13.1 Å². The Morgan fingerprint density at radius 2 is 1.90 bits per heavy atom. The van der Waals surface area contributed by atoms with Gasteiger partial charge < -0.3 is 14.2 Å². The number of benzene rings is 1. The van der Waals surface area contributed by atoms with Crippen LogP contribution in [0.5, 0.6) is 0 Å². The fourth-order valence-corrected chi connectivity index (χ4v) is 5.39. The standard InChI is InChI=1S/C24H35N3O2/c1-17-10-19-20(11-18(17)2)27(16-25-19)14-23(6)8-7-9-24(12-23)15-26(21(28)29-24)13-22(3,4)5/h10-11,16H,7-9,12-15H2,1-6H3/t23-,24-/m0/s1. The maximum Gasteiger partial charge on any atom is 0.410 e. The lowest BCUT2D eigenvalue weighted by Gasteiger charge is -2.43. The van der Waals surface area contributed by atoms with Gasteiger partial charge in [0.25, 0.3) is 0 Å². The molecule has 2 fully saturated rings. The van der Waals surface area contributed by atoms with Crippen molar-refractivity contribution in [2.24, 2.45) is 10.8 Å². The summed E-state index contributed by atoms with van der Waals surface area (Å²) in [6, 6.07) is 4.43. The number of amides is 1. The molecule has 5 heteroatoms. The van der Waals surface area contributed by atoms with Gasteiger partial charge in [0.05, 0.1) is 23.9 Å². The number of carbonyl (C=O) groups excluding carboxylic acids is 1. The zero-order valence-corrected chi connectivity index (χ0v) is 18.8. The Bertz CT molecular complexity index is 941. The molecular formula is C24H35N3O2. The molecule has 4 rings (SSSR count). The highest BCUT2D eigenvalue weighted by Gasteiger charge is 2.51. The molecule has 1 aromatic heterocycles. The number of hydrogen-bond donors (Lipinski definition) is 0. The van der Waals surface area contributed by atoms with Gasteiger partial charge >= 0.3 is 6.09 Å². The maximum absolute atomic E-state index is 12.6. The van der Waals surface area contributed by atoms with Crippen LogP contribution in [0.25, 0.3) is 11.0 Å². The zero-order chi connectivity index (χ0) is 21.0. The third kappa shape index (κ3) is 4.01. The molecule has 1 saturated carbocycles. The molecule has 1 aromatic carbocycles. The minimum Gasteiger partial charge on any atom is -0.441 e. The molecule has 0 bridgehead atoms. The van der Waals surface area contributed by atoms with Crippen LogP contribution in [-0.2, 0) is 11.3 Å². The molecule has 1 aliphatic heterocycles. The first kappa shape index (κ1) is 20.2. The topological polar surface area (TPSA) is 47.4 Å². The summed E-state index contributed by atoms with van der Waals surface area (Å²) in [7, 11) is 0. The molecule has 1 spiro atoms. The van der Waals surface area contributed by atoms with Gasteiger partial charge in [-0.2, -0.15) is 0 Å². The van der Waals surface area contributed by atoms with E-state index in [2.05, 4.69) is 63.2 Å². The van der Waals surface area contributed by atoms with Gasteiger partial charge in [-0.15, -0.1) is 0 Å². The van der Waals surface area contributed by atoms with Gasteiger partial charge in [-0.25, -0.2) is 9.78 Å². The van der Waals surface area contributed by atoms with E-state index < -0.39 is 0 Å². The monoisotopic (exact) mass is 397 g/mol. The van der Waals surface area contributed by atoms with E-state index in [4.69, 9.17) is 4.74 Å². The molecule has 0 N–H and O–H groups in total. The van der Waals surface area contributed by atoms with Crippen molar-refractivity contribution in [1.29, 1.82) is 0 Å². The first-order chi connectivity index (χ1) is 13.5. The van der Waals surface area contributed by atoms with Crippen molar-refractivity contribution >= 4 is 17.1 Å². The van der Waals surface area contributed by atoms with E-state index in [1.807, 2.05) is 11.2 Å². The number of aryl methyl sites for hydroxylation is 2. The Morgan fingerprint density at radius 1 is 1.17 bits per heavy atom. The number of aromatic nitrogens is 2. The van der Waals surface area contributed by atoms with Crippen LogP contribution in [0.15, 0.2) is 18.5 Å². The van der Waals surface area contributed by atoms with Gasteiger partial charge in [-0.05, 0) is 73.6 Å². The van der Waals surface area contributed by atoms with Gasteiger partial charge in [-0.1, -0.05) is 27.7 Å². The fourth-order valence-electron chi connectivity index (χ4n) is 5.39. The van der Waals surface area contributed by atoms with Gasteiger partial charge in [0.15, 0.2) is 0 Å². The van der Waals surface area contributed by atoms with Gasteiger partial charge in [-0.3, -0.25) is 0 Å². The molecule has 0 unspecified atom stereocenters. The molecule has 2 heterocycles. The minimum atomic E-state index is -0.335. The van der Waals surface area contributed by atoms with E-state index in [1.54, 1.807) is 0 Å². The number of fused-ring (bicyclic) bond motifs is 1. The van der Waals surface area contributed by atoms with Crippen molar-refractivity contribution in [2.75, 3.05) is 13.1 Å². The van der Waals surface area contributed by atoms with E-state index in [-0.39, 0.29) is 22.5 Å². The highest BCUT2D eigenvalue weighted by molar-refractivity contribution is 5.77. The molecule has 1 saturated heterocycles. The molecular weight excluding hydrogens is 362 g/mol. The Balaban J connectivity index is 1.55. The highest BCUT2D eigenvalue weighted by atomic mass is 16.6. The van der Waals surface area contributed by atoms with Crippen LogP contribution in [0.3, 0.4) is 0 Å². The van der Waals surface area contributed by atoms with Crippen molar-refractivity contribution in [3.63, 3.8) is 0 Å². The number of ether oxygens (including phenoxy) is 1. The van der Waals surface area contributed by atoms with Crippen LogP contribution >= 0.6 is 0 Å². The largest absolute Gasteiger partial charge is 0.441 e. The van der Waals surface area contributed by atoms with Crippen LogP contribution in [0.2, 0.25) is 0 Å². The number of carbonyl (C=O) groups is 1. The van der Waals surface area contributed by atoms with Gasteiger partial charge in [0.2, 0.25) is 0 Å². The predicted octanol–water partition coefficient (Wildman–Crippen LogP) is 5.47. The molecule has 5 nitrogen and oxygen atoms in total. The van der Waals surface area contributed by atoms with E-state index in [0.717, 1.165) is 50.8 Å². The second-order valence-corrected chi connectivity index (χ2v) is 11.1. The Kier molecular flexibility index (Phi) is 4.71. The lowest BCUT2D eigenvalue weighted by molar-refractivity contribution is -0.0270. The predicted molar refractivity (Wildman–Crippen MR) is 116 cm³/mol. The second-order valence-electron chi connectivity index (χ2n) is 11.1. The van der Waals surface area contributed by atoms with Crippen LogP contribution in [0, 0.1) is 24.7 Å². The number of imidazole rings is 1. The van der Waals surface area contributed by atoms with Crippen molar-refractivity contribution in [3.05, 3.63) is 29.6 Å². The number of nitrogens with zero attached hydrogens (tertiary/aromatic N) is 3. The van der Waals surface area contributed by atoms with E-state index in [9.17, 15) is 4.79 Å². The maximum atomic E-state index is 12.6. The average Bonchev–Trinajstić information content (AvgIpc) is 3.07. The summed E-state index contributed by atoms with van der Waals surface area (Å²) in [6.45, 7) is 15.5. The van der Waals surface area contributed by atoms with E-state index >= 15 is 0 Å². The number of hydrogen-bond acceptors (Lipinski definition) is 3. The molecule has 1 amide bonds. The summed E-state index contributed by atoms with van der Waals surface area (Å²) >= 11 is 0. The van der Waals surface area contributed by atoms with Crippen molar-refractivity contribution in [2.45, 2.75) is 79.4 Å². The average molecular weight is 398 g/mol. The van der Waals surface area contributed by atoms with Crippen molar-refractivity contribution in [1.82, 2.24) is 14.5 Å². The Labute approximate surface area is 174 Å². The third-order valence-electron chi connectivity index (χ3n) is 6.66. The molecule has 1 aliphatic carbocycles. The molecule has 2 aliphatic rings. The summed E-state index contributed by atoms with van der Waals surface area (Å²) in [5, 5.41) is 0.